The van der Waals surface area contributed by atoms with Gasteiger partial charge >= 0.3 is 6.18 Å². The summed E-state index contributed by atoms with van der Waals surface area (Å²) in [7, 11) is 1.24. The number of ether oxygens (including phenoxy) is 1. The maximum atomic E-state index is 13.1. The molecule has 1 aliphatic rings. The lowest BCUT2D eigenvalue weighted by atomic mass is 9.89. The van der Waals surface area contributed by atoms with Crippen LogP contribution >= 0.6 is 15.9 Å². The molecule has 0 aromatic heterocycles. The number of rotatable bonds is 2. The number of halogens is 4. The van der Waals surface area contributed by atoms with E-state index in [-0.39, 0.29) is 5.75 Å². The fraction of sp³-hybridized carbons (Fsp3) is 0.538. The molecule has 6 heteroatoms. The van der Waals surface area contributed by atoms with Gasteiger partial charge in [-0.1, -0.05) is 0 Å². The summed E-state index contributed by atoms with van der Waals surface area (Å²) in [6.45, 7) is 2.75. The van der Waals surface area contributed by atoms with Gasteiger partial charge in [-0.2, -0.15) is 13.2 Å². The van der Waals surface area contributed by atoms with Gasteiger partial charge in [0.05, 0.1) is 17.1 Å². The first-order chi connectivity index (χ1) is 8.78. The van der Waals surface area contributed by atoms with E-state index in [9.17, 15) is 13.2 Å². The van der Waals surface area contributed by atoms with Gasteiger partial charge in [-0.15, -0.1) is 0 Å². The van der Waals surface area contributed by atoms with Crippen LogP contribution in [0, 0.1) is 0 Å². The average molecular weight is 338 g/mol. The predicted octanol–water partition coefficient (Wildman–Crippen LogP) is 4.08. The Morgan fingerprint density at radius 2 is 2.05 bits per heavy atom. The SMILES string of the molecule is COc1c(Br)cc(C2(C)CCCN2)cc1C(F)(F)F. The van der Waals surface area contributed by atoms with Crippen LogP contribution < -0.4 is 10.1 Å². The topological polar surface area (TPSA) is 21.3 Å². The van der Waals surface area contributed by atoms with E-state index in [2.05, 4.69) is 21.2 Å². The van der Waals surface area contributed by atoms with Crippen LogP contribution in [0.5, 0.6) is 5.75 Å². The van der Waals surface area contributed by atoms with E-state index >= 15 is 0 Å². The summed E-state index contributed by atoms with van der Waals surface area (Å²) < 4.78 is 44.5. The van der Waals surface area contributed by atoms with Crippen LogP contribution in [0.1, 0.15) is 30.9 Å². The zero-order valence-corrected chi connectivity index (χ0v) is 12.3. The summed E-state index contributed by atoms with van der Waals surface area (Å²) >= 11 is 3.17. The second-order valence-electron chi connectivity index (χ2n) is 4.90. The number of hydrogen-bond acceptors (Lipinski definition) is 2. The van der Waals surface area contributed by atoms with Crippen molar-refractivity contribution in [2.24, 2.45) is 0 Å². The molecule has 106 valence electrons. The molecular weight excluding hydrogens is 323 g/mol. The summed E-state index contributed by atoms with van der Waals surface area (Å²) in [5, 5.41) is 3.26. The highest BCUT2D eigenvalue weighted by atomic mass is 79.9. The van der Waals surface area contributed by atoms with Crippen LogP contribution in [0.25, 0.3) is 0 Å². The minimum atomic E-state index is -4.43. The quantitative estimate of drug-likeness (QED) is 0.878. The van der Waals surface area contributed by atoms with Crippen LogP contribution in [0.2, 0.25) is 0 Å². The third-order valence-electron chi connectivity index (χ3n) is 3.56. The molecule has 1 fully saturated rings. The minimum absolute atomic E-state index is 0.169. The largest absolute Gasteiger partial charge is 0.495 e. The van der Waals surface area contributed by atoms with E-state index < -0.39 is 17.3 Å². The number of benzene rings is 1. The van der Waals surface area contributed by atoms with Crippen LogP contribution in [0.3, 0.4) is 0 Å². The number of alkyl halides is 3. The summed E-state index contributed by atoms with van der Waals surface area (Å²) in [4.78, 5) is 0. The zero-order valence-electron chi connectivity index (χ0n) is 10.7. The normalized spacial score (nSPS) is 23.7. The fourth-order valence-corrected chi connectivity index (χ4v) is 3.09. The Hall–Kier alpha value is -0.750. The third kappa shape index (κ3) is 2.74. The summed E-state index contributed by atoms with van der Waals surface area (Å²) in [5.74, 6) is -0.169. The van der Waals surface area contributed by atoms with E-state index in [1.165, 1.54) is 13.2 Å². The van der Waals surface area contributed by atoms with Gasteiger partial charge in [0.25, 0.3) is 0 Å². The van der Waals surface area contributed by atoms with Crippen molar-refractivity contribution in [2.75, 3.05) is 13.7 Å². The number of hydrogen-bond donors (Lipinski definition) is 1. The van der Waals surface area contributed by atoms with Gasteiger partial charge in [-0.3, -0.25) is 0 Å². The molecule has 2 nitrogen and oxygen atoms in total. The molecule has 1 saturated heterocycles. The smallest absolute Gasteiger partial charge is 0.420 e. The van der Waals surface area contributed by atoms with Crippen LogP contribution in [0.4, 0.5) is 13.2 Å². The molecule has 0 aliphatic carbocycles. The molecule has 2 rings (SSSR count). The van der Waals surface area contributed by atoms with E-state index in [0.29, 0.717) is 10.0 Å². The Morgan fingerprint density at radius 3 is 2.53 bits per heavy atom. The molecule has 19 heavy (non-hydrogen) atoms. The fourth-order valence-electron chi connectivity index (χ4n) is 2.47. The number of nitrogens with one attached hydrogen (secondary N) is 1. The van der Waals surface area contributed by atoms with Crippen molar-refractivity contribution in [1.82, 2.24) is 5.32 Å². The molecule has 1 aromatic carbocycles. The maximum Gasteiger partial charge on any atom is 0.420 e. The highest BCUT2D eigenvalue weighted by molar-refractivity contribution is 9.10. The Kier molecular flexibility index (Phi) is 3.84. The van der Waals surface area contributed by atoms with Gasteiger partial charge in [0.2, 0.25) is 0 Å². The van der Waals surface area contributed by atoms with Crippen LogP contribution in [0.15, 0.2) is 16.6 Å². The maximum absolute atomic E-state index is 13.1. The van der Waals surface area contributed by atoms with Crippen LogP contribution in [-0.2, 0) is 11.7 Å². The Morgan fingerprint density at radius 1 is 1.37 bits per heavy atom. The third-order valence-corrected chi connectivity index (χ3v) is 4.15. The van der Waals surface area contributed by atoms with Crippen molar-refractivity contribution in [3.8, 4) is 5.75 Å². The minimum Gasteiger partial charge on any atom is -0.495 e. The first kappa shape index (κ1) is 14.7. The highest BCUT2D eigenvalue weighted by Gasteiger charge is 2.38. The Bertz CT molecular complexity index is 482. The molecule has 0 radical (unpaired) electrons. The Balaban J connectivity index is 2.57. The van der Waals surface area contributed by atoms with E-state index in [0.717, 1.165) is 19.4 Å². The lowest BCUT2D eigenvalue weighted by Crippen LogP contribution is -2.33. The van der Waals surface area contributed by atoms with Crippen LogP contribution in [-0.4, -0.2) is 13.7 Å². The first-order valence-corrected chi connectivity index (χ1v) is 6.77. The van der Waals surface area contributed by atoms with Gasteiger partial charge in [0.15, 0.2) is 0 Å². The summed E-state index contributed by atoms with van der Waals surface area (Å²) in [6.07, 6.45) is -2.65. The monoisotopic (exact) mass is 337 g/mol. The molecule has 1 N–H and O–H groups in total. The van der Waals surface area contributed by atoms with Gasteiger partial charge in [-0.25, -0.2) is 0 Å². The lowest BCUT2D eigenvalue weighted by molar-refractivity contribution is -0.138. The zero-order chi connectivity index (χ0) is 14.3. The van der Waals surface area contributed by atoms with Gasteiger partial charge < -0.3 is 10.1 Å². The molecule has 1 aliphatic heterocycles. The molecule has 0 saturated carbocycles. The van der Waals surface area contributed by atoms with Gasteiger partial charge in [-0.05, 0) is 59.9 Å². The van der Waals surface area contributed by atoms with E-state index in [4.69, 9.17) is 4.74 Å². The van der Waals surface area contributed by atoms with Gasteiger partial charge in [0.1, 0.15) is 5.75 Å². The molecule has 1 heterocycles. The first-order valence-electron chi connectivity index (χ1n) is 5.98. The lowest BCUT2D eigenvalue weighted by Gasteiger charge is -2.27. The molecule has 0 bridgehead atoms. The molecule has 1 aromatic rings. The second-order valence-corrected chi connectivity index (χ2v) is 5.75. The molecule has 1 unspecified atom stereocenters. The van der Waals surface area contributed by atoms with Crippen molar-refractivity contribution in [1.29, 1.82) is 0 Å². The molecule has 1 atom stereocenters. The van der Waals surface area contributed by atoms with Crippen molar-refractivity contribution in [2.45, 2.75) is 31.5 Å². The van der Waals surface area contributed by atoms with Gasteiger partial charge in [0, 0.05) is 5.54 Å². The second kappa shape index (κ2) is 4.98. The van der Waals surface area contributed by atoms with E-state index in [1.54, 1.807) is 6.07 Å². The van der Waals surface area contributed by atoms with Crippen molar-refractivity contribution < 1.29 is 17.9 Å². The van der Waals surface area contributed by atoms with E-state index in [1.807, 2.05) is 6.92 Å². The van der Waals surface area contributed by atoms with Crippen molar-refractivity contribution >= 4 is 15.9 Å². The van der Waals surface area contributed by atoms with Crippen molar-refractivity contribution in [3.05, 3.63) is 27.7 Å². The van der Waals surface area contributed by atoms with Crippen molar-refractivity contribution in [3.63, 3.8) is 0 Å². The average Bonchev–Trinajstić information content (AvgIpc) is 2.75. The number of methoxy groups -OCH3 is 1. The molecular formula is C13H15BrF3NO. The molecule has 0 amide bonds. The summed E-state index contributed by atoms with van der Waals surface area (Å²) in [6, 6.07) is 2.88. The standard InChI is InChI=1S/C13H15BrF3NO/c1-12(4-3-5-18-12)8-6-9(13(15,16)17)11(19-2)10(14)7-8/h6-7,18H,3-5H2,1-2H3. The predicted molar refractivity (Wildman–Crippen MR) is 70.3 cm³/mol. The summed E-state index contributed by atoms with van der Waals surface area (Å²) in [5.41, 5.74) is -0.520. The highest BCUT2D eigenvalue weighted by Crippen LogP contribution is 2.44. The molecule has 0 spiro atoms. The Labute approximate surface area is 118 Å².